The molecule has 0 aromatic heterocycles. The maximum Gasteiger partial charge on any atom is 0.326 e. The van der Waals surface area contributed by atoms with Crippen molar-refractivity contribution in [2.45, 2.75) is 63.6 Å². The van der Waals surface area contributed by atoms with Crippen LogP contribution in [0.5, 0.6) is 0 Å². The summed E-state index contributed by atoms with van der Waals surface area (Å²) in [6.45, 7) is 1.72. The van der Waals surface area contributed by atoms with Gasteiger partial charge in [-0.05, 0) is 72.9 Å². The second-order valence-electron chi connectivity index (χ2n) is 7.50. The number of hydrogen-bond donors (Lipinski definition) is 6. The Morgan fingerprint density at radius 3 is 1.88 bits per heavy atom. The molecule has 0 fully saturated rings. The van der Waals surface area contributed by atoms with Gasteiger partial charge in [0.05, 0.1) is 0 Å². The molecule has 6 N–H and O–H groups in total. The van der Waals surface area contributed by atoms with Crippen LogP contribution in [0.3, 0.4) is 0 Å². The largest absolute Gasteiger partial charge is 0.481 e. The first-order valence-electron chi connectivity index (χ1n) is 10.3. The summed E-state index contributed by atoms with van der Waals surface area (Å²) in [6.07, 6.45) is 0.284. The molecular weight excluding hydrogens is 549 g/mol. The van der Waals surface area contributed by atoms with Crippen LogP contribution in [0.2, 0.25) is 0 Å². The molecule has 0 bridgehead atoms. The van der Waals surface area contributed by atoms with Gasteiger partial charge in [-0.1, -0.05) is 12.1 Å². The number of carbonyl (C=O) groups excluding carboxylic acids is 2. The lowest BCUT2D eigenvalue weighted by Crippen LogP contribution is -2.51. The molecule has 3 atom stereocenters. The lowest BCUT2D eigenvalue weighted by atomic mass is 10.1. The number of carboxylic acid groups (broad SMARTS) is 3. The molecule has 0 radical (unpaired) electrons. The molecule has 1 aromatic carbocycles. The van der Waals surface area contributed by atoms with E-state index in [9.17, 15) is 29.1 Å². The first kappa shape index (κ1) is 28.1. The van der Waals surface area contributed by atoms with Crippen molar-refractivity contribution >= 4 is 52.4 Å². The molecule has 0 saturated carbocycles. The average Bonchev–Trinajstić information content (AvgIpc) is 2.73. The lowest BCUT2D eigenvalue weighted by molar-refractivity contribution is -0.141. The summed E-state index contributed by atoms with van der Waals surface area (Å²) in [5, 5.41) is 34.1. The molecule has 0 saturated heterocycles. The Morgan fingerprint density at radius 1 is 0.818 bits per heavy atom. The van der Waals surface area contributed by atoms with E-state index < -0.39 is 42.4 Å². The number of halogens is 1. The smallest absolute Gasteiger partial charge is 0.326 e. The maximum atomic E-state index is 12.1. The van der Waals surface area contributed by atoms with Crippen molar-refractivity contribution in [3.63, 3.8) is 0 Å². The Hall–Kier alpha value is -2.90. The highest BCUT2D eigenvalue weighted by atomic mass is 127. The molecule has 3 amide bonds. The molecule has 0 aliphatic carbocycles. The van der Waals surface area contributed by atoms with E-state index in [1.807, 2.05) is 24.3 Å². The molecule has 33 heavy (non-hydrogen) atoms. The number of carboxylic acids is 3. The van der Waals surface area contributed by atoms with Crippen LogP contribution in [0.1, 0.15) is 44.6 Å². The normalized spacial score (nSPS) is 13.3. The van der Waals surface area contributed by atoms with Crippen molar-refractivity contribution in [2.24, 2.45) is 0 Å². The number of urea groups is 1. The number of benzene rings is 1. The number of rotatable bonds is 14. The second kappa shape index (κ2) is 14.3. The molecule has 11 nitrogen and oxygen atoms in total. The predicted octanol–water partition coefficient (Wildman–Crippen LogP) is 1.58. The number of nitrogens with one attached hydrogen (secondary N) is 3. The van der Waals surface area contributed by atoms with Crippen LogP contribution in [0.25, 0.3) is 0 Å². The van der Waals surface area contributed by atoms with Gasteiger partial charge in [0, 0.05) is 22.5 Å². The van der Waals surface area contributed by atoms with Crippen molar-refractivity contribution in [2.75, 3.05) is 0 Å². The molecule has 0 aliphatic heterocycles. The summed E-state index contributed by atoms with van der Waals surface area (Å²) in [7, 11) is 0. The molecule has 0 heterocycles. The zero-order valence-corrected chi connectivity index (χ0v) is 20.2. The third-order valence-electron chi connectivity index (χ3n) is 4.70. The minimum Gasteiger partial charge on any atom is -0.481 e. The van der Waals surface area contributed by atoms with Crippen LogP contribution < -0.4 is 16.0 Å². The Bertz CT molecular complexity index is 846. The number of carbonyl (C=O) groups is 5. The van der Waals surface area contributed by atoms with Gasteiger partial charge in [-0.2, -0.15) is 0 Å². The number of amides is 3. The molecule has 0 aliphatic rings. The van der Waals surface area contributed by atoms with Gasteiger partial charge in [-0.3, -0.25) is 9.59 Å². The van der Waals surface area contributed by atoms with E-state index in [0.717, 1.165) is 9.13 Å². The van der Waals surface area contributed by atoms with Gasteiger partial charge in [0.15, 0.2) is 0 Å². The summed E-state index contributed by atoms with van der Waals surface area (Å²) in [5.41, 5.74) is 1.03. The quantitative estimate of drug-likeness (QED) is 0.180. The van der Waals surface area contributed by atoms with Crippen molar-refractivity contribution in [3.05, 3.63) is 33.4 Å². The van der Waals surface area contributed by atoms with Gasteiger partial charge in [0.25, 0.3) is 0 Å². The van der Waals surface area contributed by atoms with Crippen LogP contribution in [0, 0.1) is 3.57 Å². The Kier molecular flexibility index (Phi) is 12.2. The van der Waals surface area contributed by atoms with Crippen LogP contribution >= 0.6 is 22.6 Å². The standard InChI is InChI=1S/C21H28IN3O8/c1-12(23-17(26)10-5-13-3-6-14(22)7-4-13)2-8-15(19(29)30)24-21(33)25-16(20(31)32)9-11-18(27)28/h3-4,6-7,12,15-16H,2,5,8-11H2,1H3,(H,23,26)(H,27,28)(H,29,30)(H,31,32)(H2,24,25,33)/t12-,15?,16-/m0/s1. The van der Waals surface area contributed by atoms with Gasteiger partial charge in [0.1, 0.15) is 12.1 Å². The fraction of sp³-hybridized carbons (Fsp3) is 0.476. The summed E-state index contributed by atoms with van der Waals surface area (Å²) in [4.78, 5) is 57.4. The zero-order valence-electron chi connectivity index (χ0n) is 18.0. The first-order valence-corrected chi connectivity index (χ1v) is 11.3. The highest BCUT2D eigenvalue weighted by molar-refractivity contribution is 14.1. The van der Waals surface area contributed by atoms with Gasteiger partial charge in [-0.25, -0.2) is 14.4 Å². The minimum absolute atomic E-state index is 0.00577. The summed E-state index contributed by atoms with van der Waals surface area (Å²) < 4.78 is 1.10. The van der Waals surface area contributed by atoms with Crippen molar-refractivity contribution in [3.8, 4) is 0 Å². The van der Waals surface area contributed by atoms with E-state index in [2.05, 4.69) is 38.5 Å². The predicted molar refractivity (Wildman–Crippen MR) is 126 cm³/mol. The SMILES string of the molecule is C[C@@H](CCC(NC(=O)N[C@@H](CCC(=O)O)C(=O)O)C(=O)O)NC(=O)CCc1ccc(I)cc1. The number of aliphatic carboxylic acids is 3. The van der Waals surface area contributed by atoms with Crippen molar-refractivity contribution in [1.82, 2.24) is 16.0 Å². The number of hydrogen-bond acceptors (Lipinski definition) is 5. The van der Waals surface area contributed by atoms with Crippen LogP contribution in [-0.2, 0) is 25.6 Å². The molecule has 1 unspecified atom stereocenters. The zero-order chi connectivity index (χ0) is 25.0. The Balaban J connectivity index is 2.47. The fourth-order valence-electron chi connectivity index (χ4n) is 2.89. The number of aryl methyl sites for hydroxylation is 1. The second-order valence-corrected chi connectivity index (χ2v) is 8.75. The van der Waals surface area contributed by atoms with Crippen LogP contribution in [0.4, 0.5) is 4.79 Å². The first-order chi connectivity index (χ1) is 15.5. The lowest BCUT2D eigenvalue weighted by Gasteiger charge is -2.20. The Labute approximate surface area is 204 Å². The highest BCUT2D eigenvalue weighted by Crippen LogP contribution is 2.09. The van der Waals surface area contributed by atoms with E-state index in [0.29, 0.717) is 6.42 Å². The van der Waals surface area contributed by atoms with Gasteiger partial charge in [-0.15, -0.1) is 0 Å². The Morgan fingerprint density at radius 2 is 1.36 bits per heavy atom. The molecule has 1 rings (SSSR count). The maximum absolute atomic E-state index is 12.1. The third-order valence-corrected chi connectivity index (χ3v) is 5.42. The fourth-order valence-corrected chi connectivity index (χ4v) is 3.25. The molecule has 182 valence electrons. The van der Waals surface area contributed by atoms with Crippen LogP contribution in [-0.4, -0.2) is 63.3 Å². The van der Waals surface area contributed by atoms with E-state index >= 15 is 0 Å². The van der Waals surface area contributed by atoms with Crippen LogP contribution in [0.15, 0.2) is 24.3 Å². The monoisotopic (exact) mass is 577 g/mol. The van der Waals surface area contributed by atoms with Crippen molar-refractivity contribution < 1.29 is 39.3 Å². The third kappa shape index (κ3) is 12.1. The summed E-state index contributed by atoms with van der Waals surface area (Å²) >= 11 is 2.20. The van der Waals surface area contributed by atoms with E-state index in [1.165, 1.54) is 0 Å². The van der Waals surface area contributed by atoms with Gasteiger partial charge in [0.2, 0.25) is 5.91 Å². The minimum atomic E-state index is -1.47. The average molecular weight is 577 g/mol. The highest BCUT2D eigenvalue weighted by Gasteiger charge is 2.25. The van der Waals surface area contributed by atoms with E-state index in [4.69, 9.17) is 10.2 Å². The van der Waals surface area contributed by atoms with E-state index in [1.54, 1.807) is 6.92 Å². The molecule has 1 aromatic rings. The van der Waals surface area contributed by atoms with Gasteiger partial charge < -0.3 is 31.3 Å². The summed E-state index contributed by atoms with van der Waals surface area (Å²) in [6, 6.07) is 3.64. The molecule has 0 spiro atoms. The van der Waals surface area contributed by atoms with E-state index in [-0.39, 0.29) is 37.6 Å². The van der Waals surface area contributed by atoms with Crippen molar-refractivity contribution in [1.29, 1.82) is 0 Å². The molecule has 12 heteroatoms. The summed E-state index contributed by atoms with van der Waals surface area (Å²) in [5.74, 6) is -4.15. The topological polar surface area (TPSA) is 182 Å². The molecular formula is C21H28IN3O8. The van der Waals surface area contributed by atoms with Gasteiger partial charge >= 0.3 is 23.9 Å².